The number of hydrogen-bond donors (Lipinski definition) is 2. The second-order valence-corrected chi connectivity index (χ2v) is 7.97. The van der Waals surface area contributed by atoms with Crippen LogP contribution in [0.3, 0.4) is 0 Å². The molecule has 0 unspecified atom stereocenters. The van der Waals surface area contributed by atoms with Crippen molar-refractivity contribution in [2.24, 2.45) is 0 Å². The molecule has 0 heterocycles. The number of sulfonamides is 1. The fraction of sp³-hybridized carbons (Fsp3) is 0.625. The molecule has 0 aromatic heterocycles. The zero-order valence-electron chi connectivity index (χ0n) is 13.1. The van der Waals surface area contributed by atoms with Gasteiger partial charge in [0, 0.05) is 18.1 Å². The molecule has 118 valence electrons. The lowest BCUT2D eigenvalue weighted by Gasteiger charge is -2.34. The summed E-state index contributed by atoms with van der Waals surface area (Å²) >= 11 is 0. The molecule has 2 atom stereocenters. The van der Waals surface area contributed by atoms with E-state index in [1.54, 1.807) is 12.1 Å². The highest BCUT2D eigenvalue weighted by atomic mass is 32.2. The Labute approximate surface area is 128 Å². The summed E-state index contributed by atoms with van der Waals surface area (Å²) in [6.07, 6.45) is 4.17. The highest BCUT2D eigenvalue weighted by Crippen LogP contribution is 2.21. The van der Waals surface area contributed by atoms with Crippen molar-refractivity contribution in [3.63, 3.8) is 0 Å². The molecule has 0 radical (unpaired) electrons. The maximum atomic E-state index is 12.5. The van der Waals surface area contributed by atoms with E-state index in [1.165, 1.54) is 0 Å². The van der Waals surface area contributed by atoms with Gasteiger partial charge in [0.25, 0.3) is 0 Å². The zero-order chi connectivity index (χ0) is 15.5. The lowest BCUT2D eigenvalue weighted by molar-refractivity contribution is 0.295. The van der Waals surface area contributed by atoms with Crippen molar-refractivity contribution in [2.45, 2.75) is 69.5 Å². The van der Waals surface area contributed by atoms with Crippen LogP contribution in [-0.4, -0.2) is 26.5 Å². The number of benzene rings is 1. The van der Waals surface area contributed by atoms with Crippen molar-refractivity contribution in [3.8, 4) is 0 Å². The van der Waals surface area contributed by atoms with Crippen molar-refractivity contribution in [1.82, 2.24) is 10.0 Å². The minimum Gasteiger partial charge on any atom is -0.310 e. The van der Waals surface area contributed by atoms with Crippen LogP contribution in [0, 0.1) is 6.92 Å². The average molecular weight is 310 g/mol. The van der Waals surface area contributed by atoms with E-state index in [0.717, 1.165) is 31.2 Å². The Hall–Kier alpha value is -0.910. The standard InChI is InChI=1S/C16H26N2O2S/c1-12(2)17-15-6-4-5-7-16(15)18-21(19,20)14-10-8-13(3)9-11-14/h8-12,15-18H,4-7H2,1-3H3/t15-,16-/m1/s1. The van der Waals surface area contributed by atoms with Crippen LogP contribution in [0.5, 0.6) is 0 Å². The van der Waals surface area contributed by atoms with Crippen molar-refractivity contribution in [2.75, 3.05) is 0 Å². The Balaban J connectivity index is 2.12. The summed E-state index contributed by atoms with van der Waals surface area (Å²) < 4.78 is 27.9. The summed E-state index contributed by atoms with van der Waals surface area (Å²) in [6, 6.07) is 7.57. The number of rotatable bonds is 5. The maximum Gasteiger partial charge on any atom is 0.240 e. The molecule has 1 saturated carbocycles. The fourth-order valence-corrected chi connectivity index (χ4v) is 4.20. The van der Waals surface area contributed by atoms with Crippen LogP contribution in [0.4, 0.5) is 0 Å². The third-order valence-electron chi connectivity index (χ3n) is 3.95. The van der Waals surface area contributed by atoms with Crippen LogP contribution in [0.2, 0.25) is 0 Å². The maximum absolute atomic E-state index is 12.5. The minimum absolute atomic E-state index is 0.0209. The van der Waals surface area contributed by atoms with Crippen LogP contribution in [0.1, 0.15) is 45.1 Å². The highest BCUT2D eigenvalue weighted by molar-refractivity contribution is 7.89. The van der Waals surface area contributed by atoms with Crippen molar-refractivity contribution in [1.29, 1.82) is 0 Å². The Kier molecular flexibility index (Phi) is 5.41. The van der Waals surface area contributed by atoms with Gasteiger partial charge >= 0.3 is 0 Å². The summed E-state index contributed by atoms with van der Waals surface area (Å²) in [7, 11) is -3.44. The van der Waals surface area contributed by atoms with Gasteiger partial charge in [-0.05, 0) is 31.9 Å². The number of hydrogen-bond acceptors (Lipinski definition) is 3. The van der Waals surface area contributed by atoms with Crippen molar-refractivity contribution in [3.05, 3.63) is 29.8 Å². The summed E-state index contributed by atoms with van der Waals surface area (Å²) in [5.74, 6) is 0. The van der Waals surface area contributed by atoms with Gasteiger partial charge in [0.1, 0.15) is 0 Å². The molecular formula is C16H26N2O2S. The topological polar surface area (TPSA) is 58.2 Å². The van der Waals surface area contributed by atoms with Crippen molar-refractivity contribution >= 4 is 10.0 Å². The third-order valence-corrected chi connectivity index (χ3v) is 5.46. The van der Waals surface area contributed by atoms with Crippen LogP contribution in [0.25, 0.3) is 0 Å². The van der Waals surface area contributed by atoms with E-state index < -0.39 is 10.0 Å². The molecule has 1 aromatic carbocycles. The first kappa shape index (κ1) is 16.5. The first-order chi connectivity index (χ1) is 9.88. The molecule has 0 bridgehead atoms. The molecular weight excluding hydrogens is 284 g/mol. The van der Waals surface area contributed by atoms with Crippen LogP contribution < -0.4 is 10.0 Å². The molecule has 1 aliphatic carbocycles. The molecule has 4 nitrogen and oxygen atoms in total. The van der Waals surface area contributed by atoms with Gasteiger partial charge in [-0.15, -0.1) is 0 Å². The van der Waals surface area contributed by atoms with Gasteiger partial charge in [-0.3, -0.25) is 0 Å². The normalized spacial score (nSPS) is 23.4. The van der Waals surface area contributed by atoms with E-state index in [9.17, 15) is 8.42 Å². The summed E-state index contributed by atoms with van der Waals surface area (Å²) in [5, 5.41) is 3.49. The second kappa shape index (κ2) is 6.90. The van der Waals surface area contributed by atoms with Gasteiger partial charge in [0.15, 0.2) is 0 Å². The van der Waals surface area contributed by atoms with E-state index >= 15 is 0 Å². The average Bonchev–Trinajstić information content (AvgIpc) is 2.40. The van der Waals surface area contributed by atoms with E-state index in [1.807, 2.05) is 19.1 Å². The molecule has 0 saturated heterocycles. The molecule has 0 aliphatic heterocycles. The third kappa shape index (κ3) is 4.53. The molecule has 1 fully saturated rings. The first-order valence-electron chi connectivity index (χ1n) is 7.73. The van der Waals surface area contributed by atoms with Gasteiger partial charge in [0.2, 0.25) is 10.0 Å². The summed E-state index contributed by atoms with van der Waals surface area (Å²) in [6.45, 7) is 6.15. The van der Waals surface area contributed by atoms with E-state index in [2.05, 4.69) is 23.9 Å². The lowest BCUT2D eigenvalue weighted by Crippen LogP contribution is -2.53. The van der Waals surface area contributed by atoms with Crippen LogP contribution in [0.15, 0.2) is 29.2 Å². The molecule has 21 heavy (non-hydrogen) atoms. The number of aryl methyl sites for hydroxylation is 1. The largest absolute Gasteiger partial charge is 0.310 e. The van der Waals surface area contributed by atoms with Gasteiger partial charge in [-0.1, -0.05) is 44.4 Å². The predicted molar refractivity (Wildman–Crippen MR) is 85.8 cm³/mol. The molecule has 2 rings (SSSR count). The Morgan fingerprint density at radius 1 is 1.05 bits per heavy atom. The van der Waals surface area contributed by atoms with Gasteiger partial charge in [0.05, 0.1) is 4.90 Å². The Morgan fingerprint density at radius 3 is 2.19 bits per heavy atom. The predicted octanol–water partition coefficient (Wildman–Crippen LogP) is 2.58. The Bertz CT molecular complexity index is 552. The fourth-order valence-electron chi connectivity index (χ4n) is 2.88. The van der Waals surface area contributed by atoms with Crippen LogP contribution in [-0.2, 0) is 10.0 Å². The van der Waals surface area contributed by atoms with Gasteiger partial charge < -0.3 is 5.32 Å². The minimum atomic E-state index is -3.44. The Morgan fingerprint density at radius 2 is 1.62 bits per heavy atom. The molecule has 2 N–H and O–H groups in total. The molecule has 5 heteroatoms. The smallest absolute Gasteiger partial charge is 0.240 e. The SMILES string of the molecule is Cc1ccc(S(=O)(=O)N[C@@H]2CCCC[C@H]2NC(C)C)cc1. The quantitative estimate of drug-likeness (QED) is 0.879. The summed E-state index contributed by atoms with van der Waals surface area (Å²) in [4.78, 5) is 0.349. The molecule has 0 amide bonds. The second-order valence-electron chi connectivity index (χ2n) is 6.25. The summed E-state index contributed by atoms with van der Waals surface area (Å²) in [5.41, 5.74) is 1.06. The highest BCUT2D eigenvalue weighted by Gasteiger charge is 2.29. The van der Waals surface area contributed by atoms with Gasteiger partial charge in [-0.2, -0.15) is 0 Å². The van der Waals surface area contributed by atoms with Gasteiger partial charge in [-0.25, -0.2) is 13.1 Å². The number of nitrogens with one attached hydrogen (secondary N) is 2. The molecule has 1 aliphatic rings. The first-order valence-corrected chi connectivity index (χ1v) is 9.22. The molecule has 1 aromatic rings. The van der Waals surface area contributed by atoms with E-state index in [4.69, 9.17) is 0 Å². The van der Waals surface area contributed by atoms with E-state index in [0.29, 0.717) is 10.9 Å². The zero-order valence-corrected chi connectivity index (χ0v) is 13.9. The van der Waals surface area contributed by atoms with E-state index in [-0.39, 0.29) is 12.1 Å². The van der Waals surface area contributed by atoms with Crippen LogP contribution >= 0.6 is 0 Å². The van der Waals surface area contributed by atoms with Crippen molar-refractivity contribution < 1.29 is 8.42 Å². The monoisotopic (exact) mass is 310 g/mol. The lowest BCUT2D eigenvalue weighted by atomic mass is 9.90. The molecule has 0 spiro atoms.